The highest BCUT2D eigenvalue weighted by molar-refractivity contribution is 5.10. The maximum Gasteiger partial charge on any atom is 0.146 e. The minimum Gasteiger partial charge on any atom is -0.346 e. The highest BCUT2D eigenvalue weighted by atomic mass is 15.3. The van der Waals surface area contributed by atoms with E-state index in [-0.39, 0.29) is 0 Å². The Balaban J connectivity index is 2.00. The van der Waals surface area contributed by atoms with Crippen LogP contribution in [0.25, 0.3) is 0 Å². The van der Waals surface area contributed by atoms with Gasteiger partial charge in [0.25, 0.3) is 0 Å². The summed E-state index contributed by atoms with van der Waals surface area (Å²) in [5.74, 6) is 0.964. The second-order valence-corrected chi connectivity index (χ2v) is 3.77. The third kappa shape index (κ3) is 2.49. The number of hydrogen-bond acceptors (Lipinski definition) is 3. The number of aromatic nitrogens is 4. The van der Waals surface area contributed by atoms with Crippen LogP contribution in [0.2, 0.25) is 0 Å². The summed E-state index contributed by atoms with van der Waals surface area (Å²) in [6.07, 6.45) is 5.79. The normalized spacial score (nSPS) is 10.9. The van der Waals surface area contributed by atoms with Gasteiger partial charge in [0.15, 0.2) is 0 Å². The average Bonchev–Trinajstić information content (AvgIpc) is 2.87. The molecular formula is C11H17N5. The van der Waals surface area contributed by atoms with E-state index in [4.69, 9.17) is 0 Å². The summed E-state index contributed by atoms with van der Waals surface area (Å²) in [5, 5.41) is 7.35. The van der Waals surface area contributed by atoms with Gasteiger partial charge in [-0.25, -0.2) is 4.98 Å². The molecule has 0 saturated heterocycles. The van der Waals surface area contributed by atoms with E-state index >= 15 is 0 Å². The number of nitrogens with zero attached hydrogens (tertiary/aromatic N) is 4. The first-order valence-corrected chi connectivity index (χ1v) is 5.48. The van der Waals surface area contributed by atoms with Crippen LogP contribution in [0.3, 0.4) is 0 Å². The van der Waals surface area contributed by atoms with Gasteiger partial charge in [-0.2, -0.15) is 5.10 Å². The van der Waals surface area contributed by atoms with E-state index in [1.807, 2.05) is 7.05 Å². The lowest BCUT2D eigenvalue weighted by atomic mass is 10.3. The molecule has 2 aromatic heterocycles. The summed E-state index contributed by atoms with van der Waals surface area (Å²) in [5.41, 5.74) is 1.30. The standard InChI is InChI=1S/C11H17N5/c1-3-12-6-10-4-5-16(7-10)8-11-13-9-14-15(11)2/h4-5,7,9,12H,3,6,8H2,1-2H3. The quantitative estimate of drug-likeness (QED) is 0.808. The lowest BCUT2D eigenvalue weighted by molar-refractivity contribution is 0.653. The highest BCUT2D eigenvalue weighted by Gasteiger charge is 2.02. The molecule has 0 radical (unpaired) electrons. The van der Waals surface area contributed by atoms with E-state index in [1.54, 1.807) is 11.0 Å². The Kier molecular flexibility index (Phi) is 3.36. The lowest BCUT2D eigenvalue weighted by Gasteiger charge is -2.02. The van der Waals surface area contributed by atoms with Crippen LogP contribution < -0.4 is 5.32 Å². The third-order valence-electron chi connectivity index (χ3n) is 2.52. The lowest BCUT2D eigenvalue weighted by Crippen LogP contribution is -2.11. The fraction of sp³-hybridized carbons (Fsp3) is 0.455. The van der Waals surface area contributed by atoms with Gasteiger partial charge in [-0.15, -0.1) is 0 Å². The van der Waals surface area contributed by atoms with Crippen LogP contribution in [0.5, 0.6) is 0 Å². The first-order valence-electron chi connectivity index (χ1n) is 5.48. The molecule has 0 unspecified atom stereocenters. The zero-order valence-corrected chi connectivity index (χ0v) is 9.72. The van der Waals surface area contributed by atoms with E-state index < -0.39 is 0 Å². The third-order valence-corrected chi connectivity index (χ3v) is 2.52. The summed E-state index contributed by atoms with van der Waals surface area (Å²) in [6.45, 7) is 4.79. The highest BCUT2D eigenvalue weighted by Crippen LogP contribution is 2.03. The van der Waals surface area contributed by atoms with Gasteiger partial charge in [-0.1, -0.05) is 6.92 Å². The molecule has 2 aromatic rings. The molecule has 86 valence electrons. The Labute approximate surface area is 95.1 Å². The van der Waals surface area contributed by atoms with Crippen LogP contribution in [0, 0.1) is 0 Å². The minimum absolute atomic E-state index is 0.766. The Morgan fingerprint density at radius 3 is 3.00 bits per heavy atom. The predicted octanol–water partition coefficient (Wildman–Crippen LogP) is 0.774. The number of hydrogen-bond donors (Lipinski definition) is 1. The second kappa shape index (κ2) is 4.94. The first kappa shape index (κ1) is 10.9. The molecular weight excluding hydrogens is 202 g/mol. The van der Waals surface area contributed by atoms with Crippen molar-refractivity contribution < 1.29 is 0 Å². The van der Waals surface area contributed by atoms with Crippen molar-refractivity contribution in [1.82, 2.24) is 24.6 Å². The molecule has 2 heterocycles. The maximum absolute atomic E-state index is 4.20. The monoisotopic (exact) mass is 219 g/mol. The Morgan fingerprint density at radius 1 is 1.44 bits per heavy atom. The SMILES string of the molecule is CCNCc1ccn(Cc2ncnn2C)c1. The van der Waals surface area contributed by atoms with Crippen molar-refractivity contribution in [2.75, 3.05) is 6.54 Å². The van der Waals surface area contributed by atoms with Crippen molar-refractivity contribution in [3.8, 4) is 0 Å². The fourth-order valence-corrected chi connectivity index (χ4v) is 1.59. The van der Waals surface area contributed by atoms with E-state index in [0.717, 1.165) is 25.5 Å². The molecule has 0 atom stereocenters. The summed E-state index contributed by atoms with van der Waals surface area (Å²) < 4.78 is 3.92. The molecule has 2 rings (SSSR count). The van der Waals surface area contributed by atoms with Crippen LogP contribution in [0.4, 0.5) is 0 Å². The largest absolute Gasteiger partial charge is 0.346 e. The molecule has 0 aromatic carbocycles. The van der Waals surface area contributed by atoms with Crippen molar-refractivity contribution in [2.24, 2.45) is 7.05 Å². The second-order valence-electron chi connectivity index (χ2n) is 3.77. The van der Waals surface area contributed by atoms with Crippen molar-refractivity contribution in [3.05, 3.63) is 36.2 Å². The summed E-state index contributed by atoms with van der Waals surface area (Å²) in [6, 6.07) is 2.12. The molecule has 0 bridgehead atoms. The Bertz CT molecular complexity index is 443. The van der Waals surface area contributed by atoms with Gasteiger partial charge in [0, 0.05) is 26.0 Å². The van der Waals surface area contributed by atoms with Gasteiger partial charge in [-0.3, -0.25) is 4.68 Å². The summed E-state index contributed by atoms with van der Waals surface area (Å²) >= 11 is 0. The molecule has 0 fully saturated rings. The van der Waals surface area contributed by atoms with Gasteiger partial charge >= 0.3 is 0 Å². The van der Waals surface area contributed by atoms with Crippen LogP contribution >= 0.6 is 0 Å². The molecule has 0 spiro atoms. The molecule has 5 heteroatoms. The topological polar surface area (TPSA) is 47.7 Å². The van der Waals surface area contributed by atoms with E-state index in [1.165, 1.54) is 5.56 Å². The van der Waals surface area contributed by atoms with Crippen molar-refractivity contribution in [3.63, 3.8) is 0 Å². The fourth-order valence-electron chi connectivity index (χ4n) is 1.59. The minimum atomic E-state index is 0.766. The Morgan fingerprint density at radius 2 is 2.31 bits per heavy atom. The van der Waals surface area contributed by atoms with Crippen molar-refractivity contribution in [2.45, 2.75) is 20.0 Å². The number of aryl methyl sites for hydroxylation is 1. The molecule has 0 aliphatic heterocycles. The molecule has 0 aliphatic rings. The van der Waals surface area contributed by atoms with Gasteiger partial charge in [-0.05, 0) is 18.2 Å². The molecule has 0 aliphatic carbocycles. The molecule has 0 amide bonds. The van der Waals surface area contributed by atoms with Crippen LogP contribution in [0.15, 0.2) is 24.8 Å². The van der Waals surface area contributed by atoms with Crippen LogP contribution in [-0.2, 0) is 20.1 Å². The predicted molar refractivity (Wildman–Crippen MR) is 61.9 cm³/mol. The first-order chi connectivity index (χ1) is 7.79. The maximum atomic E-state index is 4.20. The van der Waals surface area contributed by atoms with Gasteiger partial charge in [0.05, 0.1) is 6.54 Å². The van der Waals surface area contributed by atoms with E-state index in [2.05, 4.69) is 45.4 Å². The summed E-state index contributed by atoms with van der Waals surface area (Å²) in [4.78, 5) is 4.20. The Hall–Kier alpha value is -1.62. The molecule has 1 N–H and O–H groups in total. The van der Waals surface area contributed by atoms with Crippen molar-refractivity contribution >= 4 is 0 Å². The van der Waals surface area contributed by atoms with Crippen LogP contribution in [0.1, 0.15) is 18.3 Å². The number of nitrogens with one attached hydrogen (secondary N) is 1. The van der Waals surface area contributed by atoms with Gasteiger partial charge in [0.2, 0.25) is 0 Å². The molecule has 16 heavy (non-hydrogen) atoms. The van der Waals surface area contributed by atoms with Gasteiger partial charge in [0.1, 0.15) is 12.2 Å². The zero-order chi connectivity index (χ0) is 11.4. The molecule has 5 nitrogen and oxygen atoms in total. The van der Waals surface area contributed by atoms with Crippen LogP contribution in [-0.4, -0.2) is 25.9 Å². The van der Waals surface area contributed by atoms with E-state index in [9.17, 15) is 0 Å². The molecule has 0 saturated carbocycles. The average molecular weight is 219 g/mol. The number of rotatable bonds is 5. The smallest absolute Gasteiger partial charge is 0.146 e. The van der Waals surface area contributed by atoms with Gasteiger partial charge < -0.3 is 9.88 Å². The van der Waals surface area contributed by atoms with E-state index in [0.29, 0.717) is 0 Å². The zero-order valence-electron chi connectivity index (χ0n) is 9.72. The summed E-state index contributed by atoms with van der Waals surface area (Å²) in [7, 11) is 1.91. The van der Waals surface area contributed by atoms with Crippen molar-refractivity contribution in [1.29, 1.82) is 0 Å².